The number of benzene rings is 1. The zero-order valence-electron chi connectivity index (χ0n) is 10.6. The topological polar surface area (TPSA) is 0 Å². The fourth-order valence-electron chi connectivity index (χ4n) is 1.42. The molecule has 1 aromatic rings. The van der Waals surface area contributed by atoms with Crippen LogP contribution in [0.25, 0.3) is 11.1 Å². The van der Waals surface area contributed by atoms with Crippen molar-refractivity contribution in [2.24, 2.45) is 0 Å². The molecule has 0 atom stereocenters. The van der Waals surface area contributed by atoms with Gasteiger partial charge in [0.05, 0.1) is 0 Å². The lowest BCUT2D eigenvalue weighted by Crippen LogP contribution is -1.84. The highest BCUT2D eigenvalue weighted by Crippen LogP contribution is 2.20. The summed E-state index contributed by atoms with van der Waals surface area (Å²) in [5.74, 6) is 0. The smallest absolute Gasteiger partial charge is 0.0181 e. The van der Waals surface area contributed by atoms with Gasteiger partial charge in [-0.1, -0.05) is 56.2 Å². The second kappa shape index (κ2) is 8.12. The van der Waals surface area contributed by atoms with Gasteiger partial charge in [0.15, 0.2) is 0 Å². The van der Waals surface area contributed by atoms with E-state index in [1.807, 2.05) is 31.2 Å². The molecule has 0 nitrogen and oxygen atoms in total. The van der Waals surface area contributed by atoms with Crippen LogP contribution in [0.1, 0.15) is 18.1 Å². The van der Waals surface area contributed by atoms with Gasteiger partial charge in [-0.15, -0.1) is 13.2 Å². The summed E-state index contributed by atoms with van der Waals surface area (Å²) >= 11 is 0. The predicted molar refractivity (Wildman–Crippen MR) is 80.8 cm³/mol. The van der Waals surface area contributed by atoms with Crippen LogP contribution in [0.2, 0.25) is 0 Å². The molecule has 0 heterocycles. The molecule has 0 aromatic heterocycles. The third-order valence-electron chi connectivity index (χ3n) is 2.34. The lowest BCUT2D eigenvalue weighted by molar-refractivity contribution is 1.56. The van der Waals surface area contributed by atoms with Crippen LogP contribution in [0.3, 0.4) is 0 Å². The second-order valence-electron chi connectivity index (χ2n) is 3.26. The summed E-state index contributed by atoms with van der Waals surface area (Å²) in [6, 6.07) is 8.22. The average Bonchev–Trinajstić information content (AvgIpc) is 2.42. The predicted octanol–water partition coefficient (Wildman–Crippen LogP) is 5.28. The number of hydrogen-bond acceptors (Lipinski definition) is 0. The molecule has 0 radical (unpaired) electrons. The third kappa shape index (κ3) is 4.12. The molecular weight excluding hydrogens is 204 g/mol. The molecule has 0 heteroatoms. The summed E-state index contributed by atoms with van der Waals surface area (Å²) in [7, 11) is 0. The molecule has 0 aliphatic carbocycles. The standard InChI is InChI=1S/C15H16.C2H4/c1-5-12(4)14-9-8-10-15(11-14)13(6-2)7-3;1-2/h5-11H,1-2,4H2,3H3;1-2H2/b13-7+;. The molecule has 0 N–H and O–H groups in total. The highest BCUT2D eigenvalue weighted by atomic mass is 14.0. The number of rotatable bonds is 4. The lowest BCUT2D eigenvalue weighted by Gasteiger charge is -2.05. The van der Waals surface area contributed by atoms with Crippen molar-refractivity contribution in [1.82, 2.24) is 0 Å². The van der Waals surface area contributed by atoms with Crippen LogP contribution in [-0.4, -0.2) is 0 Å². The molecule has 1 rings (SSSR count). The molecule has 88 valence electrons. The van der Waals surface area contributed by atoms with E-state index in [2.05, 4.69) is 45.0 Å². The maximum Gasteiger partial charge on any atom is -0.0181 e. The first-order valence-electron chi connectivity index (χ1n) is 5.43. The summed E-state index contributed by atoms with van der Waals surface area (Å²) in [5.41, 5.74) is 4.33. The molecule has 1 aromatic carbocycles. The third-order valence-corrected chi connectivity index (χ3v) is 2.34. The molecular formula is C17H20. The average molecular weight is 224 g/mol. The summed E-state index contributed by atoms with van der Waals surface area (Å²) in [5, 5.41) is 0. The zero-order chi connectivity index (χ0) is 13.3. The summed E-state index contributed by atoms with van der Waals surface area (Å²) in [4.78, 5) is 0. The summed E-state index contributed by atoms with van der Waals surface area (Å²) in [6.45, 7) is 19.4. The van der Waals surface area contributed by atoms with E-state index in [1.54, 1.807) is 6.08 Å². The van der Waals surface area contributed by atoms with Crippen LogP contribution in [0, 0.1) is 0 Å². The van der Waals surface area contributed by atoms with Crippen molar-refractivity contribution in [1.29, 1.82) is 0 Å². The van der Waals surface area contributed by atoms with Crippen molar-refractivity contribution < 1.29 is 0 Å². The van der Waals surface area contributed by atoms with Gasteiger partial charge in [-0.25, -0.2) is 0 Å². The summed E-state index contributed by atoms with van der Waals surface area (Å²) < 4.78 is 0. The van der Waals surface area contributed by atoms with E-state index in [1.165, 1.54) is 0 Å². The Morgan fingerprint density at radius 3 is 2.12 bits per heavy atom. The Kier molecular flexibility index (Phi) is 7.12. The van der Waals surface area contributed by atoms with Gasteiger partial charge < -0.3 is 0 Å². The Morgan fingerprint density at radius 1 is 1.06 bits per heavy atom. The van der Waals surface area contributed by atoms with E-state index in [4.69, 9.17) is 0 Å². The van der Waals surface area contributed by atoms with Crippen LogP contribution >= 0.6 is 0 Å². The maximum atomic E-state index is 3.93. The van der Waals surface area contributed by atoms with Crippen molar-refractivity contribution in [2.75, 3.05) is 0 Å². The van der Waals surface area contributed by atoms with E-state index in [0.29, 0.717) is 0 Å². The van der Waals surface area contributed by atoms with E-state index >= 15 is 0 Å². The largest absolute Gasteiger partial charge is 0.106 e. The van der Waals surface area contributed by atoms with Gasteiger partial charge in [0.25, 0.3) is 0 Å². The molecule has 0 spiro atoms. The van der Waals surface area contributed by atoms with Crippen LogP contribution < -0.4 is 0 Å². The van der Waals surface area contributed by atoms with Crippen molar-refractivity contribution in [3.63, 3.8) is 0 Å². The van der Waals surface area contributed by atoms with Gasteiger partial charge in [-0.2, -0.15) is 0 Å². The van der Waals surface area contributed by atoms with Gasteiger partial charge in [0.1, 0.15) is 0 Å². The molecule has 0 saturated carbocycles. The molecule has 0 amide bonds. The Hall–Kier alpha value is -2.08. The van der Waals surface area contributed by atoms with Gasteiger partial charge >= 0.3 is 0 Å². The van der Waals surface area contributed by atoms with Crippen molar-refractivity contribution >= 4 is 11.1 Å². The molecule has 0 aliphatic heterocycles. The van der Waals surface area contributed by atoms with Crippen LogP contribution in [0.5, 0.6) is 0 Å². The van der Waals surface area contributed by atoms with Crippen molar-refractivity contribution in [3.05, 3.63) is 86.5 Å². The van der Waals surface area contributed by atoms with Crippen LogP contribution in [0.4, 0.5) is 0 Å². The van der Waals surface area contributed by atoms with E-state index in [9.17, 15) is 0 Å². The highest BCUT2D eigenvalue weighted by Gasteiger charge is 1.99. The van der Waals surface area contributed by atoms with Gasteiger partial charge in [0.2, 0.25) is 0 Å². The highest BCUT2D eigenvalue weighted by molar-refractivity contribution is 5.78. The minimum atomic E-state index is 0.941. The van der Waals surface area contributed by atoms with Crippen molar-refractivity contribution in [3.8, 4) is 0 Å². The monoisotopic (exact) mass is 224 g/mol. The van der Waals surface area contributed by atoms with E-state index in [0.717, 1.165) is 22.3 Å². The fraction of sp³-hybridized carbons (Fsp3) is 0.0588. The SMILES string of the molecule is C=C.C=CC(=C)c1cccc(/C(C=C)=C/C)c1. The normalized spacial score (nSPS) is 9.82. The van der Waals surface area contributed by atoms with Crippen LogP contribution in [0.15, 0.2) is 75.4 Å². The van der Waals surface area contributed by atoms with E-state index in [-0.39, 0.29) is 0 Å². The Labute approximate surface area is 105 Å². The number of hydrogen-bond donors (Lipinski definition) is 0. The zero-order valence-corrected chi connectivity index (χ0v) is 10.6. The maximum absolute atomic E-state index is 3.93. The molecule has 0 saturated heterocycles. The Bertz CT molecular complexity index is 433. The van der Waals surface area contributed by atoms with Crippen LogP contribution in [-0.2, 0) is 0 Å². The fourth-order valence-corrected chi connectivity index (χ4v) is 1.42. The second-order valence-corrected chi connectivity index (χ2v) is 3.26. The molecule has 0 aliphatic rings. The first kappa shape index (κ1) is 14.9. The molecule has 17 heavy (non-hydrogen) atoms. The first-order valence-corrected chi connectivity index (χ1v) is 5.43. The summed E-state index contributed by atoms with van der Waals surface area (Å²) in [6.07, 6.45) is 5.67. The molecule has 0 fully saturated rings. The van der Waals surface area contributed by atoms with Gasteiger partial charge in [-0.05, 0) is 35.3 Å². The molecule has 0 unspecified atom stereocenters. The minimum Gasteiger partial charge on any atom is -0.106 e. The van der Waals surface area contributed by atoms with Crippen molar-refractivity contribution in [2.45, 2.75) is 6.92 Å². The Balaban J connectivity index is 0.00000121. The quantitative estimate of drug-likeness (QED) is 0.482. The lowest BCUT2D eigenvalue weighted by atomic mass is 10.00. The molecule has 0 bridgehead atoms. The van der Waals surface area contributed by atoms with E-state index < -0.39 is 0 Å². The first-order chi connectivity index (χ1) is 8.22. The number of allylic oxidation sites excluding steroid dienone is 5. The van der Waals surface area contributed by atoms with Gasteiger partial charge in [-0.3, -0.25) is 0 Å². The Morgan fingerprint density at radius 2 is 1.65 bits per heavy atom. The van der Waals surface area contributed by atoms with Gasteiger partial charge in [0, 0.05) is 0 Å². The minimum absolute atomic E-state index is 0.941.